The van der Waals surface area contributed by atoms with Crippen molar-refractivity contribution >= 4 is 5.97 Å². The summed E-state index contributed by atoms with van der Waals surface area (Å²) in [5, 5.41) is 8.69. The molecule has 0 saturated heterocycles. The van der Waals surface area contributed by atoms with Crippen molar-refractivity contribution in [3.05, 3.63) is 70.8 Å². The Kier molecular flexibility index (Phi) is 5.12. The highest BCUT2D eigenvalue weighted by Crippen LogP contribution is 2.11. The van der Waals surface area contributed by atoms with Gasteiger partial charge < -0.3 is 5.11 Å². The van der Waals surface area contributed by atoms with Crippen LogP contribution in [0.2, 0.25) is 0 Å². The van der Waals surface area contributed by atoms with Gasteiger partial charge in [-0.15, -0.1) is 0 Å². The lowest BCUT2D eigenvalue weighted by Gasteiger charge is -2.02. The molecule has 0 aliphatic heterocycles. The van der Waals surface area contributed by atoms with Crippen molar-refractivity contribution in [1.82, 2.24) is 0 Å². The zero-order valence-corrected chi connectivity index (χ0v) is 11.0. The van der Waals surface area contributed by atoms with E-state index in [9.17, 15) is 4.79 Å². The first kappa shape index (κ1) is 14.0. The topological polar surface area (TPSA) is 37.3 Å². The molecule has 0 amide bonds. The van der Waals surface area contributed by atoms with E-state index >= 15 is 0 Å². The van der Waals surface area contributed by atoms with Gasteiger partial charge in [-0.3, -0.25) is 0 Å². The van der Waals surface area contributed by atoms with Crippen LogP contribution in [0.4, 0.5) is 0 Å². The summed E-state index contributed by atoms with van der Waals surface area (Å²) in [5.41, 5.74) is 3.58. The fourth-order valence-corrected chi connectivity index (χ4v) is 1.52. The van der Waals surface area contributed by atoms with Crippen molar-refractivity contribution in [2.45, 2.75) is 20.8 Å². The summed E-state index contributed by atoms with van der Waals surface area (Å²) in [6, 6.07) is 15.5. The maximum atomic E-state index is 10.6. The van der Waals surface area contributed by atoms with Crippen LogP contribution in [0.3, 0.4) is 0 Å². The van der Waals surface area contributed by atoms with Gasteiger partial charge in [0.15, 0.2) is 0 Å². The van der Waals surface area contributed by atoms with Gasteiger partial charge in [0, 0.05) is 0 Å². The Morgan fingerprint density at radius 3 is 1.89 bits per heavy atom. The molecular weight excluding hydrogens is 224 g/mol. The van der Waals surface area contributed by atoms with E-state index in [2.05, 4.69) is 19.1 Å². The Balaban J connectivity index is 0.000000199. The van der Waals surface area contributed by atoms with Gasteiger partial charge in [0.05, 0.1) is 5.56 Å². The minimum absolute atomic E-state index is 0.394. The average molecular weight is 242 g/mol. The van der Waals surface area contributed by atoms with Gasteiger partial charge in [0.1, 0.15) is 0 Å². The third-order valence-electron chi connectivity index (χ3n) is 2.78. The maximum absolute atomic E-state index is 10.6. The lowest BCUT2D eigenvalue weighted by Crippen LogP contribution is -2.00. The second kappa shape index (κ2) is 6.60. The van der Waals surface area contributed by atoms with Crippen LogP contribution < -0.4 is 0 Å². The maximum Gasteiger partial charge on any atom is 0.335 e. The number of hydrogen-bond donors (Lipinski definition) is 1. The monoisotopic (exact) mass is 242 g/mol. The highest BCUT2D eigenvalue weighted by atomic mass is 16.4. The fraction of sp³-hybridized carbons (Fsp3) is 0.188. The molecule has 0 radical (unpaired) electrons. The third-order valence-corrected chi connectivity index (χ3v) is 2.78. The second-order valence-corrected chi connectivity index (χ2v) is 4.21. The summed E-state index contributed by atoms with van der Waals surface area (Å²) >= 11 is 0. The van der Waals surface area contributed by atoms with Crippen LogP contribution in [-0.4, -0.2) is 11.1 Å². The molecule has 0 aliphatic carbocycles. The molecule has 0 aliphatic rings. The summed E-state index contributed by atoms with van der Waals surface area (Å²) in [7, 11) is 0. The molecule has 18 heavy (non-hydrogen) atoms. The van der Waals surface area contributed by atoms with E-state index in [0.29, 0.717) is 5.56 Å². The van der Waals surface area contributed by atoms with Crippen LogP contribution in [0.1, 0.15) is 27.0 Å². The summed E-state index contributed by atoms with van der Waals surface area (Å²) in [6.45, 7) is 5.81. The highest BCUT2D eigenvalue weighted by Gasteiger charge is 2.06. The Morgan fingerprint density at radius 2 is 1.50 bits per heavy atom. The molecule has 2 heteroatoms. The van der Waals surface area contributed by atoms with E-state index in [0.717, 1.165) is 11.1 Å². The van der Waals surface area contributed by atoms with Crippen LogP contribution in [0, 0.1) is 20.8 Å². The molecule has 1 N–H and O–H groups in total. The first-order valence-corrected chi connectivity index (χ1v) is 5.83. The van der Waals surface area contributed by atoms with E-state index < -0.39 is 5.97 Å². The molecule has 0 spiro atoms. The average Bonchev–Trinajstić information content (AvgIpc) is 2.34. The number of carbonyl (C=O) groups is 1. The van der Waals surface area contributed by atoms with Gasteiger partial charge in [0.25, 0.3) is 0 Å². The van der Waals surface area contributed by atoms with Crippen molar-refractivity contribution < 1.29 is 9.90 Å². The largest absolute Gasteiger partial charge is 0.478 e. The minimum atomic E-state index is -0.855. The number of hydrogen-bond acceptors (Lipinski definition) is 1. The summed E-state index contributed by atoms with van der Waals surface area (Å²) < 4.78 is 0. The molecule has 2 aromatic rings. The smallest absolute Gasteiger partial charge is 0.335 e. The van der Waals surface area contributed by atoms with Crippen LogP contribution in [-0.2, 0) is 0 Å². The molecule has 0 saturated carbocycles. The zero-order valence-electron chi connectivity index (χ0n) is 11.0. The van der Waals surface area contributed by atoms with Crippen LogP contribution in [0.15, 0.2) is 48.5 Å². The van der Waals surface area contributed by atoms with E-state index in [1.54, 1.807) is 12.1 Å². The molecule has 0 heterocycles. The van der Waals surface area contributed by atoms with Gasteiger partial charge in [-0.1, -0.05) is 48.0 Å². The molecule has 94 valence electrons. The number of aryl methyl sites for hydroxylation is 2. The van der Waals surface area contributed by atoms with Crippen LogP contribution in [0.5, 0.6) is 0 Å². The molecule has 2 aromatic carbocycles. The summed E-state index contributed by atoms with van der Waals surface area (Å²) in [5.74, 6) is -0.855. The molecule has 0 unspecified atom stereocenters. The van der Waals surface area contributed by atoms with Crippen LogP contribution >= 0.6 is 0 Å². The molecule has 0 aromatic heterocycles. The van der Waals surface area contributed by atoms with Crippen molar-refractivity contribution in [2.75, 3.05) is 0 Å². The number of benzene rings is 2. The van der Waals surface area contributed by atoms with Crippen molar-refractivity contribution in [2.24, 2.45) is 0 Å². The number of carboxylic acid groups (broad SMARTS) is 1. The zero-order chi connectivity index (χ0) is 13.5. The van der Waals surface area contributed by atoms with Gasteiger partial charge >= 0.3 is 5.97 Å². The molecule has 2 rings (SSSR count). The lowest BCUT2D eigenvalue weighted by molar-refractivity contribution is 0.0696. The third kappa shape index (κ3) is 4.06. The number of aromatic carboxylic acids is 1. The SMILES string of the molecule is Cc1cccc(C(=O)O)c1C.Cc1ccccc1. The lowest BCUT2D eigenvalue weighted by atomic mass is 10.0. The van der Waals surface area contributed by atoms with Crippen molar-refractivity contribution in [3.63, 3.8) is 0 Å². The minimum Gasteiger partial charge on any atom is -0.478 e. The van der Waals surface area contributed by atoms with Gasteiger partial charge in [-0.05, 0) is 38.0 Å². The first-order chi connectivity index (χ1) is 8.52. The molecular formula is C16H18O2. The standard InChI is InChI=1S/C9H10O2.C7H8/c1-6-4-3-5-8(7(6)2)9(10)11;1-7-5-3-2-4-6-7/h3-5H,1-2H3,(H,10,11);2-6H,1H3. The molecule has 0 atom stereocenters. The van der Waals surface area contributed by atoms with E-state index in [4.69, 9.17) is 5.11 Å². The predicted octanol–water partition coefficient (Wildman–Crippen LogP) is 4.00. The summed E-state index contributed by atoms with van der Waals surface area (Å²) in [4.78, 5) is 10.6. The quantitative estimate of drug-likeness (QED) is 0.820. The Morgan fingerprint density at radius 1 is 0.889 bits per heavy atom. The van der Waals surface area contributed by atoms with Crippen molar-refractivity contribution in [1.29, 1.82) is 0 Å². The van der Waals surface area contributed by atoms with E-state index in [-0.39, 0.29) is 0 Å². The predicted molar refractivity (Wildman–Crippen MR) is 74.1 cm³/mol. The number of carboxylic acids is 1. The number of rotatable bonds is 1. The van der Waals surface area contributed by atoms with Crippen molar-refractivity contribution in [3.8, 4) is 0 Å². The highest BCUT2D eigenvalue weighted by molar-refractivity contribution is 5.89. The molecule has 0 bridgehead atoms. The first-order valence-electron chi connectivity index (χ1n) is 5.83. The van der Waals surface area contributed by atoms with Crippen LogP contribution in [0.25, 0.3) is 0 Å². The normalized spacial score (nSPS) is 9.28. The fourth-order valence-electron chi connectivity index (χ4n) is 1.52. The van der Waals surface area contributed by atoms with Gasteiger partial charge in [-0.25, -0.2) is 4.79 Å². The second-order valence-electron chi connectivity index (χ2n) is 4.21. The summed E-state index contributed by atoms with van der Waals surface area (Å²) in [6.07, 6.45) is 0. The van der Waals surface area contributed by atoms with Gasteiger partial charge in [0.2, 0.25) is 0 Å². The van der Waals surface area contributed by atoms with Gasteiger partial charge in [-0.2, -0.15) is 0 Å². The molecule has 0 fully saturated rings. The van der Waals surface area contributed by atoms with E-state index in [1.165, 1.54) is 5.56 Å². The molecule has 2 nitrogen and oxygen atoms in total. The Hall–Kier alpha value is -2.09. The van der Waals surface area contributed by atoms with E-state index in [1.807, 2.05) is 38.1 Å². The Labute approximate surface area is 108 Å². The Bertz CT molecular complexity index is 516.